The first-order chi connectivity index (χ1) is 8.30. The van der Waals surface area contributed by atoms with Crippen LogP contribution < -0.4 is 16.4 Å². The highest BCUT2D eigenvalue weighted by atomic mass is 16.6. The van der Waals surface area contributed by atoms with E-state index in [1.165, 1.54) is 0 Å². The molecule has 2 unspecified atom stereocenters. The first-order valence-electron chi connectivity index (χ1n) is 6.12. The average molecular weight is 255 g/mol. The molecule has 2 atom stereocenters. The normalized spacial score (nSPS) is 14.1. The number of nitrogens with two attached hydrogens (primary N) is 1. The molecular formula is C13H25N3O2. The number of alkyl carbamates (subject to hydrolysis) is 1. The van der Waals surface area contributed by atoms with Crippen molar-refractivity contribution < 1.29 is 9.53 Å². The molecule has 0 rings (SSSR count). The van der Waals surface area contributed by atoms with Gasteiger partial charge in [0.15, 0.2) is 0 Å². The third kappa shape index (κ3) is 7.93. The SMILES string of the molecule is CC#CCNC(CN)C(C)NC(=O)OC(C)(C)C. The molecule has 0 aliphatic carbocycles. The van der Waals surface area contributed by atoms with Crippen molar-refractivity contribution in [2.45, 2.75) is 52.3 Å². The Hall–Kier alpha value is -1.25. The number of carbonyl (C=O) groups excluding carboxylic acids is 1. The van der Waals surface area contributed by atoms with Crippen LogP contribution in [0.2, 0.25) is 0 Å². The van der Waals surface area contributed by atoms with Gasteiger partial charge in [-0.25, -0.2) is 4.79 Å². The summed E-state index contributed by atoms with van der Waals surface area (Å²) in [6.45, 7) is 10.1. The summed E-state index contributed by atoms with van der Waals surface area (Å²) in [6, 6.07) is -0.151. The lowest BCUT2D eigenvalue weighted by Gasteiger charge is -2.26. The fourth-order valence-corrected chi connectivity index (χ4v) is 1.33. The fraction of sp³-hybridized carbons (Fsp3) is 0.769. The molecule has 0 aromatic heterocycles. The van der Waals surface area contributed by atoms with Crippen molar-refractivity contribution in [3.05, 3.63) is 0 Å². The molecule has 0 radical (unpaired) electrons. The Morgan fingerprint density at radius 2 is 2.06 bits per heavy atom. The van der Waals surface area contributed by atoms with Crippen molar-refractivity contribution >= 4 is 6.09 Å². The van der Waals surface area contributed by atoms with Crippen LogP contribution in [0.4, 0.5) is 4.79 Å². The Balaban J connectivity index is 4.20. The Labute approximate surface area is 110 Å². The molecule has 0 aromatic carbocycles. The third-order valence-corrected chi connectivity index (χ3v) is 2.23. The van der Waals surface area contributed by atoms with Crippen LogP contribution in [-0.4, -0.2) is 36.9 Å². The molecule has 0 aliphatic heterocycles. The summed E-state index contributed by atoms with van der Waals surface area (Å²) in [5, 5.41) is 5.93. The third-order valence-electron chi connectivity index (χ3n) is 2.23. The summed E-state index contributed by atoms with van der Waals surface area (Å²) in [4.78, 5) is 11.6. The summed E-state index contributed by atoms with van der Waals surface area (Å²) in [5.74, 6) is 5.69. The minimum Gasteiger partial charge on any atom is -0.444 e. The van der Waals surface area contributed by atoms with Gasteiger partial charge in [0.1, 0.15) is 5.60 Å². The average Bonchev–Trinajstić information content (AvgIpc) is 2.21. The van der Waals surface area contributed by atoms with Crippen molar-refractivity contribution in [2.24, 2.45) is 5.73 Å². The van der Waals surface area contributed by atoms with Gasteiger partial charge >= 0.3 is 6.09 Å². The number of ether oxygens (including phenoxy) is 1. The maximum Gasteiger partial charge on any atom is 0.407 e. The van der Waals surface area contributed by atoms with Crippen molar-refractivity contribution in [3.63, 3.8) is 0 Å². The largest absolute Gasteiger partial charge is 0.444 e. The molecule has 18 heavy (non-hydrogen) atoms. The lowest BCUT2D eigenvalue weighted by molar-refractivity contribution is 0.0499. The minimum absolute atomic E-state index is 0.0293. The Morgan fingerprint density at radius 3 is 2.50 bits per heavy atom. The van der Waals surface area contributed by atoms with E-state index in [1.54, 1.807) is 6.92 Å². The molecule has 1 amide bonds. The van der Waals surface area contributed by atoms with Crippen LogP contribution in [0.3, 0.4) is 0 Å². The Bertz CT molecular complexity index is 312. The van der Waals surface area contributed by atoms with Gasteiger partial charge in [-0.1, -0.05) is 5.92 Å². The van der Waals surface area contributed by atoms with E-state index in [9.17, 15) is 4.79 Å². The van der Waals surface area contributed by atoms with E-state index in [0.29, 0.717) is 13.1 Å². The molecule has 0 aromatic rings. The second kappa shape index (κ2) is 7.96. The van der Waals surface area contributed by atoms with E-state index in [2.05, 4.69) is 22.5 Å². The van der Waals surface area contributed by atoms with Gasteiger partial charge in [-0.2, -0.15) is 0 Å². The number of carbonyl (C=O) groups is 1. The number of amides is 1. The van der Waals surface area contributed by atoms with E-state index in [4.69, 9.17) is 10.5 Å². The molecule has 5 heteroatoms. The number of rotatable bonds is 5. The zero-order chi connectivity index (χ0) is 14.2. The van der Waals surface area contributed by atoms with Gasteiger partial charge in [0.05, 0.1) is 6.54 Å². The maximum atomic E-state index is 11.6. The topological polar surface area (TPSA) is 76.4 Å². The standard InChI is InChI=1S/C13H25N3O2/c1-6-7-8-15-11(9-14)10(2)16-12(17)18-13(3,4)5/h10-11,15H,8-9,14H2,1-5H3,(H,16,17). The zero-order valence-corrected chi connectivity index (χ0v) is 12.0. The van der Waals surface area contributed by atoms with Crippen LogP contribution in [0.15, 0.2) is 0 Å². The number of hydrogen-bond acceptors (Lipinski definition) is 4. The van der Waals surface area contributed by atoms with Crippen LogP contribution in [0.25, 0.3) is 0 Å². The Kier molecular flexibility index (Phi) is 7.41. The lowest BCUT2D eigenvalue weighted by Crippen LogP contribution is -2.52. The smallest absolute Gasteiger partial charge is 0.407 e. The number of hydrogen-bond donors (Lipinski definition) is 3. The van der Waals surface area contributed by atoms with Gasteiger partial charge in [0.25, 0.3) is 0 Å². The lowest BCUT2D eigenvalue weighted by atomic mass is 10.1. The van der Waals surface area contributed by atoms with E-state index >= 15 is 0 Å². The molecule has 0 spiro atoms. The van der Waals surface area contributed by atoms with Gasteiger partial charge in [0, 0.05) is 18.6 Å². The van der Waals surface area contributed by atoms with Gasteiger partial charge in [-0.15, -0.1) is 5.92 Å². The Morgan fingerprint density at radius 1 is 1.44 bits per heavy atom. The van der Waals surface area contributed by atoms with Crippen LogP contribution in [-0.2, 0) is 4.74 Å². The highest BCUT2D eigenvalue weighted by Crippen LogP contribution is 2.07. The minimum atomic E-state index is -0.497. The monoisotopic (exact) mass is 255 g/mol. The zero-order valence-electron chi connectivity index (χ0n) is 12.0. The van der Waals surface area contributed by atoms with E-state index < -0.39 is 11.7 Å². The second-order valence-corrected chi connectivity index (χ2v) is 5.08. The van der Waals surface area contributed by atoms with Crippen LogP contribution in [0.1, 0.15) is 34.6 Å². The predicted molar refractivity (Wildman–Crippen MR) is 73.1 cm³/mol. The molecule has 0 bridgehead atoms. The van der Waals surface area contributed by atoms with Crippen molar-refractivity contribution in [3.8, 4) is 11.8 Å². The van der Waals surface area contributed by atoms with Crippen molar-refractivity contribution in [2.75, 3.05) is 13.1 Å². The molecule has 0 saturated heterocycles. The van der Waals surface area contributed by atoms with E-state index in [1.807, 2.05) is 27.7 Å². The first kappa shape index (κ1) is 16.8. The van der Waals surface area contributed by atoms with Crippen LogP contribution >= 0.6 is 0 Å². The van der Waals surface area contributed by atoms with Crippen LogP contribution in [0, 0.1) is 11.8 Å². The van der Waals surface area contributed by atoms with E-state index in [0.717, 1.165) is 0 Å². The van der Waals surface area contributed by atoms with Gasteiger partial charge in [0.2, 0.25) is 0 Å². The van der Waals surface area contributed by atoms with Gasteiger partial charge in [-0.05, 0) is 34.6 Å². The van der Waals surface area contributed by atoms with Crippen LogP contribution in [0.5, 0.6) is 0 Å². The molecule has 0 fully saturated rings. The van der Waals surface area contributed by atoms with E-state index in [-0.39, 0.29) is 12.1 Å². The highest BCUT2D eigenvalue weighted by molar-refractivity contribution is 5.68. The molecule has 0 heterocycles. The maximum absolute atomic E-state index is 11.6. The quantitative estimate of drug-likeness (QED) is 0.636. The summed E-state index contributed by atoms with van der Waals surface area (Å²) < 4.78 is 5.18. The predicted octanol–water partition coefficient (Wildman–Crippen LogP) is 0.840. The molecule has 104 valence electrons. The summed E-state index contributed by atoms with van der Waals surface area (Å²) in [6.07, 6.45) is -0.433. The number of nitrogens with one attached hydrogen (secondary N) is 2. The van der Waals surface area contributed by atoms with Crippen molar-refractivity contribution in [1.82, 2.24) is 10.6 Å². The van der Waals surface area contributed by atoms with Gasteiger partial charge < -0.3 is 21.1 Å². The molecule has 5 nitrogen and oxygen atoms in total. The molecule has 0 saturated carbocycles. The van der Waals surface area contributed by atoms with Gasteiger partial charge in [-0.3, -0.25) is 0 Å². The van der Waals surface area contributed by atoms with Crippen molar-refractivity contribution in [1.29, 1.82) is 0 Å². The molecule has 0 aliphatic rings. The fourth-order valence-electron chi connectivity index (χ4n) is 1.33. The summed E-state index contributed by atoms with van der Waals surface area (Å²) in [5.41, 5.74) is 5.16. The summed E-state index contributed by atoms with van der Waals surface area (Å²) >= 11 is 0. The molecular weight excluding hydrogens is 230 g/mol. The highest BCUT2D eigenvalue weighted by Gasteiger charge is 2.21. The molecule has 4 N–H and O–H groups in total. The second-order valence-electron chi connectivity index (χ2n) is 5.08. The summed E-state index contributed by atoms with van der Waals surface area (Å²) in [7, 11) is 0. The first-order valence-corrected chi connectivity index (χ1v) is 6.12.